The minimum absolute atomic E-state index is 0.306. The average Bonchev–Trinajstić information content (AvgIpc) is 1.83. The third-order valence-corrected chi connectivity index (χ3v) is 0.846. The van der Waals surface area contributed by atoms with Gasteiger partial charge in [0.25, 0.3) is 5.91 Å². The molecule has 0 saturated heterocycles. The SMILES string of the molecule is CCCCC(=O)N=O. The molecule has 0 aromatic carbocycles. The van der Waals surface area contributed by atoms with E-state index in [-0.39, 0.29) is 0 Å². The molecule has 0 atom stereocenters. The molecule has 3 nitrogen and oxygen atoms in total. The summed E-state index contributed by atoms with van der Waals surface area (Å²) in [5, 5.41) is 2.24. The van der Waals surface area contributed by atoms with Gasteiger partial charge in [-0.1, -0.05) is 13.3 Å². The van der Waals surface area contributed by atoms with Gasteiger partial charge in [0.1, 0.15) is 0 Å². The predicted molar refractivity (Wildman–Crippen MR) is 30.3 cm³/mol. The highest BCUT2D eigenvalue weighted by atomic mass is 16.3. The number of hydrogen-bond donors (Lipinski definition) is 0. The Hall–Kier alpha value is -0.730. The van der Waals surface area contributed by atoms with Crippen LogP contribution in [0.15, 0.2) is 5.18 Å². The van der Waals surface area contributed by atoms with Crippen LogP contribution in [0.1, 0.15) is 26.2 Å². The first-order valence-corrected chi connectivity index (χ1v) is 2.67. The van der Waals surface area contributed by atoms with Crippen molar-refractivity contribution >= 4 is 5.91 Å². The highest BCUT2D eigenvalue weighted by molar-refractivity contribution is 5.76. The van der Waals surface area contributed by atoms with E-state index in [9.17, 15) is 9.70 Å². The number of hydrogen-bond acceptors (Lipinski definition) is 2. The van der Waals surface area contributed by atoms with Gasteiger partial charge in [0.05, 0.1) is 0 Å². The van der Waals surface area contributed by atoms with Crippen molar-refractivity contribution in [2.24, 2.45) is 5.18 Å². The summed E-state index contributed by atoms with van der Waals surface area (Å²) >= 11 is 0. The second kappa shape index (κ2) is 4.43. The van der Waals surface area contributed by atoms with E-state index in [2.05, 4.69) is 5.18 Å². The van der Waals surface area contributed by atoms with Crippen LogP contribution in [0.25, 0.3) is 0 Å². The van der Waals surface area contributed by atoms with Crippen molar-refractivity contribution in [2.75, 3.05) is 0 Å². The Kier molecular flexibility index (Phi) is 4.03. The highest BCUT2D eigenvalue weighted by Crippen LogP contribution is 1.94. The van der Waals surface area contributed by atoms with Crippen LogP contribution in [0.5, 0.6) is 0 Å². The molecule has 46 valence electrons. The first kappa shape index (κ1) is 7.27. The summed E-state index contributed by atoms with van der Waals surface area (Å²) in [5.74, 6) is -0.535. The number of unbranched alkanes of at least 4 members (excludes halogenated alkanes) is 1. The fourth-order valence-corrected chi connectivity index (χ4v) is 0.374. The Morgan fingerprint density at radius 3 is 2.62 bits per heavy atom. The molecule has 0 aromatic heterocycles. The number of carbonyl (C=O) groups excluding carboxylic acids is 1. The zero-order valence-electron chi connectivity index (χ0n) is 4.89. The summed E-state index contributed by atoms with van der Waals surface area (Å²) in [6.07, 6.45) is 2.01. The van der Waals surface area contributed by atoms with Gasteiger partial charge >= 0.3 is 0 Å². The first-order valence-electron chi connectivity index (χ1n) is 2.67. The Labute approximate surface area is 48.1 Å². The van der Waals surface area contributed by atoms with Crippen LogP contribution in [0.2, 0.25) is 0 Å². The topological polar surface area (TPSA) is 46.5 Å². The van der Waals surface area contributed by atoms with Crippen LogP contribution < -0.4 is 0 Å². The average molecular weight is 115 g/mol. The third-order valence-electron chi connectivity index (χ3n) is 0.846. The number of rotatable bonds is 3. The molecule has 8 heavy (non-hydrogen) atoms. The Morgan fingerprint density at radius 1 is 1.62 bits per heavy atom. The quantitative estimate of drug-likeness (QED) is 0.523. The first-order chi connectivity index (χ1) is 3.81. The number of nitrogens with zero attached hydrogens (tertiary/aromatic N) is 1. The molecular weight excluding hydrogens is 106 g/mol. The van der Waals surface area contributed by atoms with Crippen molar-refractivity contribution in [3.8, 4) is 0 Å². The summed E-state index contributed by atoms with van der Waals surface area (Å²) in [4.78, 5) is 19.5. The van der Waals surface area contributed by atoms with Crippen molar-refractivity contribution in [2.45, 2.75) is 26.2 Å². The van der Waals surface area contributed by atoms with Gasteiger partial charge in [-0.05, 0) is 6.42 Å². The van der Waals surface area contributed by atoms with Gasteiger partial charge in [0.2, 0.25) is 0 Å². The van der Waals surface area contributed by atoms with Crippen molar-refractivity contribution in [3.63, 3.8) is 0 Å². The maximum absolute atomic E-state index is 10.1. The van der Waals surface area contributed by atoms with Gasteiger partial charge in [0.15, 0.2) is 0 Å². The van der Waals surface area contributed by atoms with Crippen molar-refractivity contribution < 1.29 is 4.79 Å². The van der Waals surface area contributed by atoms with E-state index in [0.717, 1.165) is 12.8 Å². The van der Waals surface area contributed by atoms with Crippen LogP contribution in [-0.4, -0.2) is 5.91 Å². The lowest BCUT2D eigenvalue weighted by molar-refractivity contribution is -0.118. The van der Waals surface area contributed by atoms with E-state index < -0.39 is 5.91 Å². The van der Waals surface area contributed by atoms with E-state index in [4.69, 9.17) is 0 Å². The molecule has 0 bridgehead atoms. The van der Waals surface area contributed by atoms with Gasteiger partial charge < -0.3 is 0 Å². The zero-order chi connectivity index (χ0) is 6.41. The minimum Gasteiger partial charge on any atom is -0.269 e. The van der Waals surface area contributed by atoms with Crippen LogP contribution in [0.3, 0.4) is 0 Å². The molecule has 0 aliphatic heterocycles. The van der Waals surface area contributed by atoms with Crippen molar-refractivity contribution in [3.05, 3.63) is 4.91 Å². The highest BCUT2D eigenvalue weighted by Gasteiger charge is 1.96. The van der Waals surface area contributed by atoms with Crippen LogP contribution in [-0.2, 0) is 4.79 Å². The molecule has 0 radical (unpaired) electrons. The fraction of sp³-hybridized carbons (Fsp3) is 0.800. The molecule has 1 amide bonds. The van der Waals surface area contributed by atoms with Gasteiger partial charge in [-0.15, -0.1) is 4.91 Å². The normalized spacial score (nSPS) is 8.62. The Morgan fingerprint density at radius 2 is 2.25 bits per heavy atom. The predicted octanol–water partition coefficient (Wildman–Crippen LogP) is 1.47. The molecule has 0 spiro atoms. The second-order valence-corrected chi connectivity index (χ2v) is 1.59. The molecule has 0 N–H and O–H groups in total. The lowest BCUT2D eigenvalue weighted by Crippen LogP contribution is -1.88. The third kappa shape index (κ3) is 3.46. The van der Waals surface area contributed by atoms with Crippen molar-refractivity contribution in [1.29, 1.82) is 0 Å². The molecule has 0 saturated carbocycles. The van der Waals surface area contributed by atoms with Crippen LogP contribution >= 0.6 is 0 Å². The molecule has 0 rings (SSSR count). The molecule has 0 aromatic rings. The van der Waals surface area contributed by atoms with Crippen LogP contribution in [0, 0.1) is 4.91 Å². The number of amides is 1. The fourth-order valence-electron chi connectivity index (χ4n) is 0.374. The maximum atomic E-state index is 10.1. The van der Waals surface area contributed by atoms with Gasteiger partial charge in [-0.25, -0.2) is 0 Å². The van der Waals surface area contributed by atoms with Gasteiger partial charge in [-0.2, -0.15) is 0 Å². The summed E-state index contributed by atoms with van der Waals surface area (Å²) in [6, 6.07) is 0. The lowest BCUT2D eigenvalue weighted by Gasteiger charge is -1.84. The summed E-state index contributed by atoms with van der Waals surface area (Å²) < 4.78 is 0. The largest absolute Gasteiger partial charge is 0.286 e. The van der Waals surface area contributed by atoms with E-state index in [1.807, 2.05) is 6.92 Å². The van der Waals surface area contributed by atoms with Crippen LogP contribution in [0.4, 0.5) is 0 Å². The standard InChI is InChI=1S/C5H9NO2/c1-2-3-4-5(7)6-8/h2-4H2,1H3. The number of carbonyl (C=O) groups is 1. The molecule has 0 unspecified atom stereocenters. The Bertz CT molecular complexity index is 90.4. The molecule has 3 heteroatoms. The second-order valence-electron chi connectivity index (χ2n) is 1.59. The lowest BCUT2D eigenvalue weighted by atomic mass is 10.2. The summed E-state index contributed by atoms with van der Waals surface area (Å²) in [6.45, 7) is 1.96. The van der Waals surface area contributed by atoms with Crippen molar-refractivity contribution in [1.82, 2.24) is 0 Å². The minimum atomic E-state index is -0.535. The molecule has 0 aliphatic rings. The smallest absolute Gasteiger partial charge is 0.269 e. The van der Waals surface area contributed by atoms with Gasteiger partial charge in [-0.3, -0.25) is 4.79 Å². The molecule has 0 aliphatic carbocycles. The molecule has 0 fully saturated rings. The monoisotopic (exact) mass is 115 g/mol. The zero-order valence-corrected chi connectivity index (χ0v) is 4.89. The van der Waals surface area contributed by atoms with Gasteiger partial charge in [0, 0.05) is 11.6 Å². The molecule has 0 heterocycles. The summed E-state index contributed by atoms with van der Waals surface area (Å²) in [5.41, 5.74) is 0. The van der Waals surface area contributed by atoms with E-state index in [1.54, 1.807) is 0 Å². The Balaban J connectivity index is 3.11. The summed E-state index contributed by atoms with van der Waals surface area (Å²) in [7, 11) is 0. The van der Waals surface area contributed by atoms with E-state index >= 15 is 0 Å². The van der Waals surface area contributed by atoms with E-state index in [1.165, 1.54) is 0 Å². The maximum Gasteiger partial charge on any atom is 0.286 e. The molecular formula is C5H9NO2. The van der Waals surface area contributed by atoms with E-state index in [0.29, 0.717) is 6.42 Å². The number of nitroso groups, excluding NO2 is 1.